The molecule has 0 spiro atoms. The van der Waals surface area contributed by atoms with Crippen molar-refractivity contribution in [3.8, 4) is 11.5 Å². The summed E-state index contributed by atoms with van der Waals surface area (Å²) in [5.41, 5.74) is 1.21. The summed E-state index contributed by atoms with van der Waals surface area (Å²) in [4.78, 5) is 24.5. The van der Waals surface area contributed by atoms with Crippen molar-refractivity contribution in [3.63, 3.8) is 0 Å². The minimum atomic E-state index is -0.518. The molecular weight excluding hydrogens is 414 g/mol. The molecule has 1 amide bonds. The van der Waals surface area contributed by atoms with E-state index in [2.05, 4.69) is 21.2 Å². The van der Waals surface area contributed by atoms with Crippen molar-refractivity contribution in [2.75, 3.05) is 20.8 Å². The van der Waals surface area contributed by atoms with Crippen molar-refractivity contribution < 1.29 is 23.8 Å². The minimum Gasteiger partial charge on any atom is -0.493 e. The number of carbonyl (C=O) groups is 2. The molecule has 1 unspecified atom stereocenters. The van der Waals surface area contributed by atoms with E-state index in [-0.39, 0.29) is 12.3 Å². The molecule has 7 heteroatoms. The molecule has 2 rings (SSSR count). The number of halogens is 1. The van der Waals surface area contributed by atoms with Gasteiger partial charge in [-0.1, -0.05) is 28.1 Å². The molecular formula is C20H22BrNO5. The lowest BCUT2D eigenvalue weighted by Gasteiger charge is -2.19. The average Bonchev–Trinajstić information content (AvgIpc) is 2.68. The van der Waals surface area contributed by atoms with Crippen LogP contribution >= 0.6 is 15.9 Å². The highest BCUT2D eigenvalue weighted by molar-refractivity contribution is 9.10. The molecule has 27 heavy (non-hydrogen) atoms. The quantitative estimate of drug-likeness (QED) is 0.636. The average molecular weight is 436 g/mol. The van der Waals surface area contributed by atoms with E-state index in [9.17, 15) is 9.59 Å². The number of methoxy groups -OCH3 is 2. The van der Waals surface area contributed by atoms with Gasteiger partial charge >= 0.3 is 5.97 Å². The molecule has 0 aliphatic rings. The van der Waals surface area contributed by atoms with Crippen LogP contribution in [0.3, 0.4) is 0 Å². The van der Waals surface area contributed by atoms with Gasteiger partial charge in [0.05, 0.1) is 33.3 Å². The van der Waals surface area contributed by atoms with Crippen molar-refractivity contribution in [2.24, 2.45) is 0 Å². The first-order valence-electron chi connectivity index (χ1n) is 8.42. The standard InChI is InChI=1S/C20H22BrNO5/c1-4-27-18-11-14(7-10-17(18)25-2)20(24)22-16(12-19(23)26-3)13-5-8-15(21)9-6-13/h5-11,16H,4,12H2,1-3H3,(H,22,24). The normalized spacial score (nSPS) is 11.4. The Morgan fingerprint density at radius 1 is 1.07 bits per heavy atom. The molecule has 2 aromatic rings. The maximum Gasteiger partial charge on any atom is 0.307 e. The smallest absolute Gasteiger partial charge is 0.307 e. The summed E-state index contributed by atoms with van der Waals surface area (Å²) in [7, 11) is 2.86. The molecule has 1 N–H and O–H groups in total. The highest BCUT2D eigenvalue weighted by Crippen LogP contribution is 2.28. The lowest BCUT2D eigenvalue weighted by molar-refractivity contribution is -0.141. The molecule has 0 heterocycles. The van der Waals surface area contributed by atoms with Crippen LogP contribution in [0.2, 0.25) is 0 Å². The summed E-state index contributed by atoms with van der Waals surface area (Å²) < 4.78 is 16.4. The van der Waals surface area contributed by atoms with Gasteiger partial charge in [-0.2, -0.15) is 0 Å². The molecule has 0 aliphatic carbocycles. The first-order valence-corrected chi connectivity index (χ1v) is 9.21. The summed E-state index contributed by atoms with van der Waals surface area (Å²) in [6.07, 6.45) is 0.0261. The molecule has 6 nitrogen and oxygen atoms in total. The first-order chi connectivity index (χ1) is 13.0. The van der Waals surface area contributed by atoms with Gasteiger partial charge in [0, 0.05) is 10.0 Å². The monoisotopic (exact) mass is 435 g/mol. The number of amides is 1. The SMILES string of the molecule is CCOc1cc(C(=O)NC(CC(=O)OC)c2ccc(Br)cc2)ccc1OC. The Labute approximate surface area is 166 Å². The van der Waals surface area contributed by atoms with E-state index < -0.39 is 12.0 Å². The van der Waals surface area contributed by atoms with Gasteiger partial charge in [-0.05, 0) is 42.8 Å². The van der Waals surface area contributed by atoms with Crippen LogP contribution in [0.1, 0.15) is 35.3 Å². The molecule has 0 saturated carbocycles. The number of nitrogens with one attached hydrogen (secondary N) is 1. The summed E-state index contributed by atoms with van der Waals surface area (Å²) >= 11 is 3.38. The number of hydrogen-bond acceptors (Lipinski definition) is 5. The zero-order chi connectivity index (χ0) is 19.8. The fraction of sp³-hybridized carbons (Fsp3) is 0.300. The Morgan fingerprint density at radius 2 is 1.78 bits per heavy atom. The van der Waals surface area contributed by atoms with Crippen LogP contribution in [0.15, 0.2) is 46.9 Å². The third-order valence-corrected chi connectivity index (χ3v) is 4.43. The van der Waals surface area contributed by atoms with Gasteiger partial charge in [0.1, 0.15) is 0 Å². The van der Waals surface area contributed by atoms with Crippen LogP contribution in [0.4, 0.5) is 0 Å². The maximum atomic E-state index is 12.8. The third-order valence-electron chi connectivity index (χ3n) is 3.90. The Bertz CT molecular complexity index is 791. The van der Waals surface area contributed by atoms with E-state index in [0.29, 0.717) is 23.7 Å². The zero-order valence-electron chi connectivity index (χ0n) is 15.5. The highest BCUT2D eigenvalue weighted by atomic mass is 79.9. The second-order valence-corrected chi connectivity index (χ2v) is 6.57. The summed E-state index contributed by atoms with van der Waals surface area (Å²) in [6, 6.07) is 11.8. The van der Waals surface area contributed by atoms with Gasteiger partial charge in [-0.15, -0.1) is 0 Å². The van der Waals surface area contributed by atoms with Crippen LogP contribution < -0.4 is 14.8 Å². The molecule has 0 radical (unpaired) electrons. The van der Waals surface area contributed by atoms with Crippen LogP contribution in [0.25, 0.3) is 0 Å². The van der Waals surface area contributed by atoms with Crippen molar-refractivity contribution in [3.05, 3.63) is 58.1 Å². The van der Waals surface area contributed by atoms with Crippen LogP contribution in [0, 0.1) is 0 Å². The van der Waals surface area contributed by atoms with Gasteiger partial charge in [-0.25, -0.2) is 0 Å². The van der Waals surface area contributed by atoms with Crippen molar-refractivity contribution >= 4 is 27.8 Å². The molecule has 1 atom stereocenters. The van der Waals surface area contributed by atoms with Crippen molar-refractivity contribution in [1.82, 2.24) is 5.32 Å². The Balaban J connectivity index is 2.25. The zero-order valence-corrected chi connectivity index (χ0v) is 17.0. The lowest BCUT2D eigenvalue weighted by Crippen LogP contribution is -2.30. The predicted octanol–water partition coefficient (Wildman–Crippen LogP) is 3.89. The number of hydrogen-bond donors (Lipinski definition) is 1. The largest absolute Gasteiger partial charge is 0.493 e. The van der Waals surface area contributed by atoms with Gasteiger partial charge in [0.25, 0.3) is 5.91 Å². The van der Waals surface area contributed by atoms with Gasteiger partial charge in [-0.3, -0.25) is 9.59 Å². The van der Waals surface area contributed by atoms with E-state index >= 15 is 0 Å². The van der Waals surface area contributed by atoms with Crippen LogP contribution in [-0.4, -0.2) is 32.7 Å². The van der Waals surface area contributed by atoms with Gasteiger partial charge in [0.2, 0.25) is 0 Å². The Hall–Kier alpha value is -2.54. The van der Waals surface area contributed by atoms with E-state index in [0.717, 1.165) is 10.0 Å². The molecule has 0 saturated heterocycles. The topological polar surface area (TPSA) is 73.9 Å². The van der Waals surface area contributed by atoms with E-state index in [1.807, 2.05) is 31.2 Å². The first kappa shape index (κ1) is 20.8. The second kappa shape index (κ2) is 9.97. The lowest BCUT2D eigenvalue weighted by atomic mass is 10.0. The van der Waals surface area contributed by atoms with E-state index in [1.54, 1.807) is 18.2 Å². The van der Waals surface area contributed by atoms with Crippen molar-refractivity contribution in [1.29, 1.82) is 0 Å². The van der Waals surface area contributed by atoms with E-state index in [4.69, 9.17) is 14.2 Å². The Kier molecular flexibility index (Phi) is 7.67. The van der Waals surface area contributed by atoms with Crippen molar-refractivity contribution in [2.45, 2.75) is 19.4 Å². The molecule has 0 aromatic heterocycles. The van der Waals surface area contributed by atoms with Crippen LogP contribution in [0.5, 0.6) is 11.5 Å². The number of benzene rings is 2. The summed E-state index contributed by atoms with van der Waals surface area (Å²) in [6.45, 7) is 2.30. The minimum absolute atomic E-state index is 0.0261. The molecule has 0 fully saturated rings. The summed E-state index contributed by atoms with van der Waals surface area (Å²) in [5, 5.41) is 2.89. The number of rotatable bonds is 8. The summed E-state index contributed by atoms with van der Waals surface area (Å²) in [5.74, 6) is 0.302. The molecule has 2 aromatic carbocycles. The number of ether oxygens (including phenoxy) is 3. The number of esters is 1. The predicted molar refractivity (Wildman–Crippen MR) is 105 cm³/mol. The Morgan fingerprint density at radius 3 is 2.37 bits per heavy atom. The van der Waals surface area contributed by atoms with E-state index in [1.165, 1.54) is 14.2 Å². The fourth-order valence-corrected chi connectivity index (χ4v) is 2.79. The van der Waals surface area contributed by atoms with Gasteiger partial charge in [0.15, 0.2) is 11.5 Å². The third kappa shape index (κ3) is 5.72. The molecule has 144 valence electrons. The number of carbonyl (C=O) groups excluding carboxylic acids is 2. The maximum absolute atomic E-state index is 12.8. The highest BCUT2D eigenvalue weighted by Gasteiger charge is 2.20. The second-order valence-electron chi connectivity index (χ2n) is 5.66. The van der Waals surface area contributed by atoms with Gasteiger partial charge < -0.3 is 19.5 Å². The fourth-order valence-electron chi connectivity index (χ4n) is 2.53. The van der Waals surface area contributed by atoms with Crippen LogP contribution in [-0.2, 0) is 9.53 Å². The molecule has 0 bridgehead atoms. The molecule has 0 aliphatic heterocycles.